The minimum atomic E-state index is -0.694. The fourth-order valence-corrected chi connectivity index (χ4v) is 5.37. The van der Waals surface area contributed by atoms with Crippen LogP contribution in [0.2, 0.25) is 0 Å². The standard InChI is InChI=1S/C22H38N2O4S3/c1-5-9-11-16(7-3)14-27-19(25)13-18(30-22-24-23-21(29)31-22)20(26)28-15-17(8-4)12-10-6-2/h16-18H,5-15H2,1-4H3,(H,23,29). The number of aromatic amines is 1. The first-order chi connectivity index (χ1) is 14.9. The van der Waals surface area contributed by atoms with Crippen molar-refractivity contribution in [3.63, 3.8) is 0 Å². The molecule has 1 N–H and O–H groups in total. The summed E-state index contributed by atoms with van der Waals surface area (Å²) in [4.78, 5) is 25.3. The third-order valence-corrected chi connectivity index (χ3v) is 7.66. The SMILES string of the molecule is CCCCC(CC)COC(=O)CC(Sc1n[nH]c(=S)s1)C(=O)OCC(CC)CCCC. The smallest absolute Gasteiger partial charge is 0.320 e. The number of H-pyrrole nitrogens is 1. The van der Waals surface area contributed by atoms with Crippen molar-refractivity contribution in [2.75, 3.05) is 13.2 Å². The van der Waals surface area contributed by atoms with Gasteiger partial charge in [0.05, 0.1) is 19.6 Å². The van der Waals surface area contributed by atoms with Crippen LogP contribution in [0.4, 0.5) is 0 Å². The Morgan fingerprint density at radius 1 is 1.03 bits per heavy atom. The van der Waals surface area contributed by atoms with E-state index >= 15 is 0 Å². The molecule has 0 amide bonds. The van der Waals surface area contributed by atoms with Crippen molar-refractivity contribution in [1.82, 2.24) is 10.2 Å². The number of nitrogens with zero attached hydrogens (tertiary/aromatic N) is 1. The number of thioether (sulfide) groups is 1. The molecule has 0 saturated carbocycles. The molecule has 6 nitrogen and oxygen atoms in total. The van der Waals surface area contributed by atoms with Crippen LogP contribution >= 0.6 is 35.3 Å². The van der Waals surface area contributed by atoms with Crippen molar-refractivity contribution in [2.45, 2.75) is 95.1 Å². The number of unbranched alkanes of at least 4 members (excludes halogenated alkanes) is 2. The van der Waals surface area contributed by atoms with E-state index in [1.807, 2.05) is 0 Å². The van der Waals surface area contributed by atoms with Gasteiger partial charge in [-0.25, -0.2) is 0 Å². The monoisotopic (exact) mass is 490 g/mol. The normalized spacial score (nSPS) is 14.1. The summed E-state index contributed by atoms with van der Waals surface area (Å²) >= 11 is 7.57. The molecule has 0 fully saturated rings. The number of hydrogen-bond acceptors (Lipinski definition) is 8. The van der Waals surface area contributed by atoms with E-state index in [2.05, 4.69) is 37.9 Å². The number of carbonyl (C=O) groups excluding carboxylic acids is 2. The molecule has 0 aromatic carbocycles. The van der Waals surface area contributed by atoms with Crippen molar-refractivity contribution in [3.8, 4) is 0 Å². The highest BCUT2D eigenvalue weighted by Gasteiger charge is 2.28. The van der Waals surface area contributed by atoms with Gasteiger partial charge in [-0.15, -0.1) is 0 Å². The number of ether oxygens (including phenoxy) is 2. The predicted molar refractivity (Wildman–Crippen MR) is 130 cm³/mol. The van der Waals surface area contributed by atoms with Crippen LogP contribution in [0.15, 0.2) is 4.34 Å². The molecule has 1 aromatic rings. The molecule has 1 aromatic heterocycles. The van der Waals surface area contributed by atoms with Gasteiger partial charge in [0.25, 0.3) is 0 Å². The first kappa shape index (κ1) is 28.1. The molecule has 1 rings (SSSR count). The summed E-state index contributed by atoms with van der Waals surface area (Å²) in [5.41, 5.74) is 0. The highest BCUT2D eigenvalue weighted by molar-refractivity contribution is 8.02. The fourth-order valence-electron chi connectivity index (χ4n) is 3.07. The predicted octanol–water partition coefficient (Wildman–Crippen LogP) is 6.57. The molecular weight excluding hydrogens is 452 g/mol. The van der Waals surface area contributed by atoms with E-state index in [0.717, 1.165) is 51.4 Å². The van der Waals surface area contributed by atoms with Gasteiger partial charge in [0, 0.05) is 0 Å². The van der Waals surface area contributed by atoms with Crippen LogP contribution in [0, 0.1) is 15.8 Å². The van der Waals surface area contributed by atoms with Crippen LogP contribution in [0.3, 0.4) is 0 Å². The van der Waals surface area contributed by atoms with E-state index < -0.39 is 11.2 Å². The maximum Gasteiger partial charge on any atom is 0.320 e. The second-order valence-corrected chi connectivity index (χ2v) is 11.0. The zero-order chi connectivity index (χ0) is 23.1. The third kappa shape index (κ3) is 12.0. The first-order valence-electron chi connectivity index (χ1n) is 11.5. The fraction of sp³-hybridized carbons (Fsp3) is 0.818. The summed E-state index contributed by atoms with van der Waals surface area (Å²) in [6, 6.07) is 0. The van der Waals surface area contributed by atoms with E-state index in [-0.39, 0.29) is 12.4 Å². The molecule has 0 spiro atoms. The summed E-state index contributed by atoms with van der Waals surface area (Å²) < 4.78 is 12.3. The van der Waals surface area contributed by atoms with Crippen molar-refractivity contribution in [3.05, 3.63) is 3.95 Å². The van der Waals surface area contributed by atoms with E-state index in [1.54, 1.807) is 0 Å². The Labute approximate surface area is 200 Å². The molecule has 0 saturated heterocycles. The van der Waals surface area contributed by atoms with Crippen LogP contribution in [-0.4, -0.2) is 40.6 Å². The quantitative estimate of drug-likeness (QED) is 0.150. The van der Waals surface area contributed by atoms with E-state index in [0.29, 0.717) is 33.3 Å². The Hall–Kier alpha value is -0.930. The van der Waals surface area contributed by atoms with E-state index in [1.165, 1.54) is 23.1 Å². The van der Waals surface area contributed by atoms with Gasteiger partial charge < -0.3 is 9.47 Å². The maximum atomic E-state index is 12.8. The molecule has 0 aliphatic carbocycles. The molecule has 0 bridgehead atoms. The lowest BCUT2D eigenvalue weighted by molar-refractivity contribution is -0.151. The lowest BCUT2D eigenvalue weighted by Gasteiger charge is -2.19. The van der Waals surface area contributed by atoms with Crippen LogP contribution in [0.1, 0.15) is 85.5 Å². The zero-order valence-electron chi connectivity index (χ0n) is 19.3. The summed E-state index contributed by atoms with van der Waals surface area (Å²) in [5, 5.41) is 6.13. The van der Waals surface area contributed by atoms with Crippen LogP contribution in [0.5, 0.6) is 0 Å². The lowest BCUT2D eigenvalue weighted by atomic mass is 10.0. The minimum absolute atomic E-state index is 0.0359. The first-order valence-corrected chi connectivity index (χ1v) is 13.6. The Balaban J connectivity index is 2.68. The van der Waals surface area contributed by atoms with Crippen molar-refractivity contribution in [1.29, 1.82) is 0 Å². The van der Waals surface area contributed by atoms with E-state index in [4.69, 9.17) is 21.7 Å². The van der Waals surface area contributed by atoms with Crippen molar-refractivity contribution >= 4 is 47.3 Å². The average Bonchev–Trinajstić information content (AvgIpc) is 3.18. The van der Waals surface area contributed by atoms with Crippen LogP contribution in [0.25, 0.3) is 0 Å². The largest absolute Gasteiger partial charge is 0.465 e. The summed E-state index contributed by atoms with van der Waals surface area (Å²) in [6.07, 6.45) is 8.48. The summed E-state index contributed by atoms with van der Waals surface area (Å²) in [5.74, 6) is -0.0578. The zero-order valence-corrected chi connectivity index (χ0v) is 21.8. The number of carbonyl (C=O) groups is 2. The second kappa shape index (κ2) is 16.7. The number of esters is 2. The molecule has 9 heteroatoms. The average molecular weight is 491 g/mol. The molecule has 3 atom stereocenters. The second-order valence-electron chi connectivity index (χ2n) is 7.84. The van der Waals surface area contributed by atoms with Gasteiger partial charge in [-0.2, -0.15) is 5.10 Å². The van der Waals surface area contributed by atoms with Gasteiger partial charge in [0.15, 0.2) is 8.29 Å². The lowest BCUT2D eigenvalue weighted by Crippen LogP contribution is -2.27. The molecule has 0 aliphatic rings. The summed E-state index contributed by atoms with van der Waals surface area (Å²) in [7, 11) is 0. The third-order valence-electron chi connectivity index (χ3n) is 5.30. The number of aromatic nitrogens is 2. The summed E-state index contributed by atoms with van der Waals surface area (Å²) in [6.45, 7) is 9.31. The molecule has 178 valence electrons. The van der Waals surface area contributed by atoms with Crippen LogP contribution in [-0.2, 0) is 19.1 Å². The molecular formula is C22H38N2O4S3. The minimum Gasteiger partial charge on any atom is -0.465 e. The van der Waals surface area contributed by atoms with Crippen molar-refractivity contribution < 1.29 is 19.1 Å². The Kier molecular flexibility index (Phi) is 15.1. The highest BCUT2D eigenvalue weighted by Crippen LogP contribution is 2.29. The van der Waals surface area contributed by atoms with Gasteiger partial charge in [-0.05, 0) is 36.9 Å². The van der Waals surface area contributed by atoms with Gasteiger partial charge >= 0.3 is 11.9 Å². The van der Waals surface area contributed by atoms with Gasteiger partial charge in [0.1, 0.15) is 5.25 Å². The highest BCUT2D eigenvalue weighted by atomic mass is 32.2. The molecule has 3 unspecified atom stereocenters. The maximum absolute atomic E-state index is 12.8. The van der Waals surface area contributed by atoms with Crippen LogP contribution < -0.4 is 0 Å². The molecule has 0 aliphatic heterocycles. The number of rotatable bonds is 17. The van der Waals surface area contributed by atoms with E-state index in [9.17, 15) is 9.59 Å². The molecule has 1 heterocycles. The Morgan fingerprint density at radius 3 is 2.10 bits per heavy atom. The topological polar surface area (TPSA) is 81.3 Å². The number of nitrogens with one attached hydrogen (secondary N) is 1. The Bertz CT molecular complexity index is 692. The van der Waals surface area contributed by atoms with Gasteiger partial charge in [-0.1, -0.05) is 89.3 Å². The Morgan fingerprint density at radius 2 is 1.61 bits per heavy atom. The van der Waals surface area contributed by atoms with Gasteiger partial charge in [0.2, 0.25) is 0 Å². The number of hydrogen-bond donors (Lipinski definition) is 1. The van der Waals surface area contributed by atoms with Gasteiger partial charge in [-0.3, -0.25) is 14.7 Å². The molecule has 0 radical (unpaired) electrons. The van der Waals surface area contributed by atoms with Crippen molar-refractivity contribution in [2.24, 2.45) is 11.8 Å². The molecule has 31 heavy (non-hydrogen) atoms.